The van der Waals surface area contributed by atoms with Gasteiger partial charge < -0.3 is 5.73 Å². The Hall–Kier alpha value is -0.740. The van der Waals surface area contributed by atoms with Crippen LogP contribution in [0, 0.1) is 0 Å². The quantitative estimate of drug-likeness (QED) is 0.854. The second kappa shape index (κ2) is 4.63. The Balaban J connectivity index is 1.99. The first-order valence-corrected chi connectivity index (χ1v) is 6.60. The Morgan fingerprint density at radius 2 is 2.38 bits per heavy atom. The van der Waals surface area contributed by atoms with Gasteiger partial charge in [-0.15, -0.1) is 0 Å². The molecule has 0 radical (unpaired) electrons. The Kier molecular flexibility index (Phi) is 3.40. The van der Waals surface area contributed by atoms with Gasteiger partial charge in [-0.25, -0.2) is 0 Å². The Morgan fingerprint density at radius 3 is 3.06 bits per heavy atom. The number of nitrogens with zero attached hydrogens (tertiary/aromatic N) is 2. The molecular formula is C12H19N3S. The number of aromatic nitrogens is 1. The lowest BCUT2D eigenvalue weighted by Gasteiger charge is -2.37. The Morgan fingerprint density at radius 1 is 1.56 bits per heavy atom. The molecule has 1 fully saturated rings. The zero-order valence-electron chi connectivity index (χ0n) is 9.94. The van der Waals surface area contributed by atoms with Gasteiger partial charge in [0.2, 0.25) is 0 Å². The summed E-state index contributed by atoms with van der Waals surface area (Å²) in [5, 5.41) is 0. The van der Waals surface area contributed by atoms with Crippen LogP contribution in [-0.2, 0) is 6.54 Å². The fourth-order valence-corrected chi connectivity index (χ4v) is 3.24. The minimum Gasteiger partial charge on any atom is -0.399 e. The number of nitrogens with two attached hydrogens (primary N) is 1. The third-order valence-corrected chi connectivity index (χ3v) is 4.03. The van der Waals surface area contributed by atoms with Crippen molar-refractivity contribution in [1.82, 2.24) is 9.88 Å². The SMILES string of the molecule is CC1(C)CN(Cc2cc(N)ccn2)CCS1. The van der Waals surface area contributed by atoms with Gasteiger partial charge in [0.1, 0.15) is 0 Å². The maximum atomic E-state index is 5.75. The zero-order valence-corrected chi connectivity index (χ0v) is 10.8. The molecule has 2 rings (SSSR count). The van der Waals surface area contributed by atoms with Crippen molar-refractivity contribution in [3.05, 3.63) is 24.0 Å². The minimum atomic E-state index is 0.360. The monoisotopic (exact) mass is 237 g/mol. The highest BCUT2D eigenvalue weighted by Gasteiger charge is 2.26. The second-order valence-corrected chi connectivity index (χ2v) is 6.70. The summed E-state index contributed by atoms with van der Waals surface area (Å²) in [6.07, 6.45) is 1.79. The molecule has 3 nitrogen and oxygen atoms in total. The average molecular weight is 237 g/mol. The fraction of sp³-hybridized carbons (Fsp3) is 0.583. The summed E-state index contributed by atoms with van der Waals surface area (Å²) in [5.41, 5.74) is 7.63. The van der Waals surface area contributed by atoms with E-state index in [1.54, 1.807) is 6.20 Å². The van der Waals surface area contributed by atoms with E-state index in [4.69, 9.17) is 5.73 Å². The van der Waals surface area contributed by atoms with Crippen LogP contribution in [0.15, 0.2) is 18.3 Å². The molecule has 0 amide bonds. The van der Waals surface area contributed by atoms with Crippen molar-refractivity contribution in [2.24, 2.45) is 0 Å². The van der Waals surface area contributed by atoms with Crippen molar-refractivity contribution >= 4 is 17.4 Å². The van der Waals surface area contributed by atoms with Crippen LogP contribution in [0.5, 0.6) is 0 Å². The molecule has 0 spiro atoms. The van der Waals surface area contributed by atoms with Gasteiger partial charge in [-0.2, -0.15) is 11.8 Å². The summed E-state index contributed by atoms with van der Waals surface area (Å²) in [6.45, 7) is 7.78. The van der Waals surface area contributed by atoms with E-state index in [9.17, 15) is 0 Å². The Bertz CT molecular complexity index is 365. The van der Waals surface area contributed by atoms with E-state index >= 15 is 0 Å². The highest BCUT2D eigenvalue weighted by molar-refractivity contribution is 8.00. The Labute approximate surface area is 101 Å². The predicted molar refractivity (Wildman–Crippen MR) is 70.5 cm³/mol. The van der Waals surface area contributed by atoms with Crippen molar-refractivity contribution in [2.75, 3.05) is 24.6 Å². The predicted octanol–water partition coefficient (Wildman–Crippen LogP) is 1.99. The van der Waals surface area contributed by atoms with E-state index in [0.717, 1.165) is 31.0 Å². The lowest BCUT2D eigenvalue weighted by molar-refractivity contribution is 0.250. The lowest BCUT2D eigenvalue weighted by atomic mass is 10.1. The van der Waals surface area contributed by atoms with Crippen LogP contribution in [0.1, 0.15) is 19.5 Å². The zero-order chi connectivity index (χ0) is 11.6. The van der Waals surface area contributed by atoms with Gasteiger partial charge in [0, 0.05) is 42.0 Å². The largest absolute Gasteiger partial charge is 0.399 e. The van der Waals surface area contributed by atoms with Crippen LogP contribution in [0.25, 0.3) is 0 Å². The van der Waals surface area contributed by atoms with Crippen molar-refractivity contribution in [2.45, 2.75) is 25.1 Å². The van der Waals surface area contributed by atoms with E-state index in [1.165, 1.54) is 5.75 Å². The molecule has 1 aromatic rings. The van der Waals surface area contributed by atoms with E-state index < -0.39 is 0 Å². The van der Waals surface area contributed by atoms with Gasteiger partial charge in [-0.3, -0.25) is 9.88 Å². The van der Waals surface area contributed by atoms with E-state index in [1.807, 2.05) is 12.1 Å². The van der Waals surface area contributed by atoms with Crippen LogP contribution >= 0.6 is 11.8 Å². The first kappa shape index (κ1) is 11.7. The summed E-state index contributed by atoms with van der Waals surface area (Å²) in [5.74, 6) is 1.20. The summed E-state index contributed by atoms with van der Waals surface area (Å²) >= 11 is 2.05. The molecule has 0 aliphatic carbocycles. The van der Waals surface area contributed by atoms with Gasteiger partial charge in [0.05, 0.1) is 5.69 Å². The van der Waals surface area contributed by atoms with Crippen LogP contribution < -0.4 is 5.73 Å². The molecule has 4 heteroatoms. The smallest absolute Gasteiger partial charge is 0.0564 e. The molecule has 0 unspecified atom stereocenters. The average Bonchev–Trinajstić information content (AvgIpc) is 2.15. The highest BCUT2D eigenvalue weighted by Crippen LogP contribution is 2.29. The first-order chi connectivity index (χ1) is 7.55. The number of hydrogen-bond acceptors (Lipinski definition) is 4. The topological polar surface area (TPSA) is 42.1 Å². The molecular weight excluding hydrogens is 218 g/mol. The lowest BCUT2D eigenvalue weighted by Crippen LogP contribution is -2.42. The number of anilines is 1. The highest BCUT2D eigenvalue weighted by atomic mass is 32.2. The van der Waals surface area contributed by atoms with Gasteiger partial charge in [-0.05, 0) is 26.0 Å². The summed E-state index contributed by atoms with van der Waals surface area (Å²) in [6, 6.07) is 3.80. The number of nitrogen functional groups attached to an aromatic ring is 1. The fourth-order valence-electron chi connectivity index (χ4n) is 2.06. The van der Waals surface area contributed by atoms with E-state index in [0.29, 0.717) is 4.75 Å². The standard InChI is InChI=1S/C12H19N3S/c1-12(2)9-15(5-6-16-12)8-11-7-10(13)3-4-14-11/h3-4,7H,5-6,8-9H2,1-2H3,(H2,13,14). The summed E-state index contributed by atoms with van der Waals surface area (Å²) in [4.78, 5) is 6.81. The van der Waals surface area contributed by atoms with Crippen LogP contribution in [-0.4, -0.2) is 33.5 Å². The molecule has 0 bridgehead atoms. The van der Waals surface area contributed by atoms with Crippen molar-refractivity contribution in [3.8, 4) is 0 Å². The molecule has 0 aromatic carbocycles. The maximum absolute atomic E-state index is 5.75. The van der Waals surface area contributed by atoms with Crippen molar-refractivity contribution < 1.29 is 0 Å². The minimum absolute atomic E-state index is 0.360. The molecule has 16 heavy (non-hydrogen) atoms. The molecule has 0 atom stereocenters. The maximum Gasteiger partial charge on any atom is 0.0564 e. The second-order valence-electron chi connectivity index (χ2n) is 4.90. The molecule has 1 aliphatic rings. The van der Waals surface area contributed by atoms with Crippen LogP contribution in [0.3, 0.4) is 0 Å². The number of rotatable bonds is 2. The van der Waals surface area contributed by atoms with Crippen LogP contribution in [0.4, 0.5) is 5.69 Å². The van der Waals surface area contributed by atoms with Gasteiger partial charge in [-0.1, -0.05) is 0 Å². The molecule has 88 valence electrons. The molecule has 1 saturated heterocycles. The molecule has 1 aromatic heterocycles. The normalized spacial score (nSPS) is 20.9. The summed E-state index contributed by atoms with van der Waals surface area (Å²) < 4.78 is 0.360. The third kappa shape index (κ3) is 3.12. The first-order valence-electron chi connectivity index (χ1n) is 5.62. The number of hydrogen-bond donors (Lipinski definition) is 1. The van der Waals surface area contributed by atoms with Gasteiger partial charge in [0.25, 0.3) is 0 Å². The van der Waals surface area contributed by atoms with Gasteiger partial charge >= 0.3 is 0 Å². The van der Waals surface area contributed by atoms with Crippen molar-refractivity contribution in [3.63, 3.8) is 0 Å². The van der Waals surface area contributed by atoms with E-state index in [2.05, 4.69) is 35.5 Å². The van der Waals surface area contributed by atoms with Crippen LogP contribution in [0.2, 0.25) is 0 Å². The molecule has 0 saturated carbocycles. The van der Waals surface area contributed by atoms with Gasteiger partial charge in [0.15, 0.2) is 0 Å². The van der Waals surface area contributed by atoms with Crippen molar-refractivity contribution in [1.29, 1.82) is 0 Å². The van der Waals surface area contributed by atoms with E-state index in [-0.39, 0.29) is 0 Å². The third-order valence-electron chi connectivity index (χ3n) is 2.73. The number of thioether (sulfide) groups is 1. The molecule has 2 N–H and O–H groups in total. The molecule has 1 aliphatic heterocycles. The summed E-state index contributed by atoms with van der Waals surface area (Å²) in [7, 11) is 0. The number of pyridine rings is 1. The molecule has 2 heterocycles.